The summed E-state index contributed by atoms with van der Waals surface area (Å²) in [6.45, 7) is 3.28. The van der Waals surface area contributed by atoms with E-state index in [1.807, 2.05) is 36.4 Å². The van der Waals surface area contributed by atoms with E-state index in [0.717, 1.165) is 50.0 Å². The third-order valence-electron chi connectivity index (χ3n) is 6.58. The third kappa shape index (κ3) is 5.44. The molecule has 8 nitrogen and oxygen atoms in total. The van der Waals surface area contributed by atoms with Crippen LogP contribution in [0.25, 0.3) is 11.4 Å². The van der Waals surface area contributed by atoms with E-state index in [9.17, 15) is 4.79 Å². The van der Waals surface area contributed by atoms with Gasteiger partial charge in [0.05, 0.1) is 6.04 Å². The lowest BCUT2D eigenvalue weighted by Crippen LogP contribution is -2.23. The van der Waals surface area contributed by atoms with Gasteiger partial charge in [0.2, 0.25) is 23.5 Å². The molecule has 2 fully saturated rings. The van der Waals surface area contributed by atoms with Crippen LogP contribution in [-0.4, -0.2) is 38.6 Å². The van der Waals surface area contributed by atoms with Crippen molar-refractivity contribution in [1.29, 1.82) is 0 Å². The highest BCUT2D eigenvalue weighted by atomic mass is 16.5. The summed E-state index contributed by atoms with van der Waals surface area (Å²) in [6, 6.07) is 11.9. The predicted octanol–water partition coefficient (Wildman–Crippen LogP) is 5.14. The van der Waals surface area contributed by atoms with Crippen molar-refractivity contribution in [2.24, 2.45) is 0 Å². The number of hydrogen-bond acceptors (Lipinski definition) is 7. The van der Waals surface area contributed by atoms with Crippen LogP contribution in [0.2, 0.25) is 0 Å². The number of aromatic nitrogens is 3. The van der Waals surface area contributed by atoms with Gasteiger partial charge in [-0.2, -0.15) is 4.98 Å². The number of nitrogens with zero attached hydrogens (tertiary/aromatic N) is 4. The number of pyridine rings is 1. The van der Waals surface area contributed by atoms with Gasteiger partial charge in [-0.05, 0) is 68.8 Å². The maximum atomic E-state index is 11.2. The van der Waals surface area contributed by atoms with Crippen LogP contribution in [0.3, 0.4) is 0 Å². The van der Waals surface area contributed by atoms with Gasteiger partial charge in [0.25, 0.3) is 0 Å². The first kappa shape index (κ1) is 22.5. The molecule has 1 saturated heterocycles. The van der Waals surface area contributed by atoms with Crippen LogP contribution < -0.4 is 10.1 Å². The molecule has 1 saturated carbocycles. The summed E-state index contributed by atoms with van der Waals surface area (Å²) in [5.74, 6) is 1.79. The molecular weight excluding hydrogens is 430 g/mol. The zero-order chi connectivity index (χ0) is 23.3. The maximum Gasteiger partial charge on any atom is 0.244 e. The van der Waals surface area contributed by atoms with E-state index in [0.29, 0.717) is 17.6 Å². The van der Waals surface area contributed by atoms with E-state index in [1.165, 1.54) is 31.7 Å². The highest BCUT2D eigenvalue weighted by molar-refractivity contribution is 5.88. The standard InChI is InChI=1S/C26H31N5O3/c1-18(32)28-21-12-9-19(10-13-21)17-31-15-5-8-23(31)26-29-25(30-34-26)20-11-14-24(27-16-20)33-22-6-3-2-4-7-22/h9-14,16,22-23H,2-8,15,17H2,1H3,(H,28,32)/t23-/m0/s1. The molecular formula is C26H31N5O3. The molecule has 1 amide bonds. The van der Waals surface area contributed by atoms with Gasteiger partial charge in [0.1, 0.15) is 6.10 Å². The van der Waals surface area contributed by atoms with Gasteiger partial charge in [0.15, 0.2) is 0 Å². The number of carbonyl (C=O) groups is 1. The Morgan fingerprint density at radius 3 is 2.65 bits per heavy atom. The van der Waals surface area contributed by atoms with Crippen LogP contribution >= 0.6 is 0 Å². The Kier molecular flexibility index (Phi) is 6.85. The summed E-state index contributed by atoms with van der Waals surface area (Å²) in [5.41, 5.74) is 2.81. The highest BCUT2D eigenvalue weighted by Gasteiger charge is 2.31. The van der Waals surface area contributed by atoms with E-state index in [1.54, 1.807) is 6.20 Å². The molecule has 2 aliphatic rings. The average Bonchev–Trinajstić information content (AvgIpc) is 3.51. The first-order valence-electron chi connectivity index (χ1n) is 12.2. The SMILES string of the molecule is CC(=O)Nc1ccc(CN2CCC[C@H]2c2nc(-c3ccc(OC4CCCCC4)nc3)no2)cc1. The van der Waals surface area contributed by atoms with E-state index in [2.05, 4.69) is 20.4 Å². The van der Waals surface area contributed by atoms with Crippen LogP contribution in [0.4, 0.5) is 5.69 Å². The zero-order valence-corrected chi connectivity index (χ0v) is 19.6. The Balaban J connectivity index is 1.22. The minimum Gasteiger partial charge on any atom is -0.474 e. The highest BCUT2D eigenvalue weighted by Crippen LogP contribution is 2.33. The van der Waals surface area contributed by atoms with E-state index in [4.69, 9.17) is 14.2 Å². The Morgan fingerprint density at radius 1 is 1.09 bits per heavy atom. The molecule has 1 aliphatic carbocycles. The fourth-order valence-corrected chi connectivity index (χ4v) is 4.85. The first-order valence-corrected chi connectivity index (χ1v) is 12.2. The van der Waals surface area contributed by atoms with Crippen molar-refractivity contribution in [1.82, 2.24) is 20.0 Å². The number of benzene rings is 1. The van der Waals surface area contributed by atoms with Crippen LogP contribution in [0.5, 0.6) is 5.88 Å². The Bertz CT molecular complexity index is 1090. The molecule has 0 bridgehead atoms. The number of carbonyl (C=O) groups excluding carboxylic acids is 1. The lowest BCUT2D eigenvalue weighted by Gasteiger charge is -2.22. The molecule has 0 unspecified atom stereocenters. The van der Waals surface area contributed by atoms with E-state index in [-0.39, 0.29) is 18.1 Å². The van der Waals surface area contributed by atoms with Gasteiger partial charge in [0, 0.05) is 37.0 Å². The van der Waals surface area contributed by atoms with Crippen LogP contribution in [0, 0.1) is 0 Å². The van der Waals surface area contributed by atoms with Gasteiger partial charge in [-0.1, -0.05) is 23.7 Å². The lowest BCUT2D eigenvalue weighted by atomic mass is 9.98. The molecule has 0 spiro atoms. The average molecular weight is 462 g/mol. The van der Waals surface area contributed by atoms with E-state index < -0.39 is 0 Å². The minimum atomic E-state index is -0.0684. The molecule has 178 valence electrons. The largest absolute Gasteiger partial charge is 0.474 e. The molecule has 8 heteroatoms. The number of anilines is 1. The Hall–Kier alpha value is -3.26. The summed E-state index contributed by atoms with van der Waals surface area (Å²) in [7, 11) is 0. The van der Waals surface area contributed by atoms with Gasteiger partial charge in [-0.15, -0.1) is 0 Å². The topological polar surface area (TPSA) is 93.4 Å². The molecule has 2 aromatic heterocycles. The number of amides is 1. The first-order chi connectivity index (χ1) is 16.6. The number of ether oxygens (including phenoxy) is 1. The Labute approximate surface area is 199 Å². The maximum absolute atomic E-state index is 11.2. The minimum absolute atomic E-state index is 0.0684. The molecule has 34 heavy (non-hydrogen) atoms. The summed E-state index contributed by atoms with van der Waals surface area (Å²) >= 11 is 0. The van der Waals surface area contributed by atoms with Crippen molar-refractivity contribution in [3.8, 4) is 17.3 Å². The van der Waals surface area contributed by atoms with Crippen molar-refractivity contribution in [2.45, 2.75) is 70.6 Å². The quantitative estimate of drug-likeness (QED) is 0.521. The normalized spacial score (nSPS) is 19.3. The Morgan fingerprint density at radius 2 is 1.91 bits per heavy atom. The second-order valence-electron chi connectivity index (χ2n) is 9.23. The van der Waals surface area contributed by atoms with Crippen LogP contribution in [-0.2, 0) is 11.3 Å². The summed E-state index contributed by atoms with van der Waals surface area (Å²) in [6.07, 6.45) is 10.1. The summed E-state index contributed by atoms with van der Waals surface area (Å²) in [5, 5.41) is 7.03. The number of rotatable bonds is 7. The van der Waals surface area contributed by atoms with Gasteiger partial charge in [-0.3, -0.25) is 9.69 Å². The van der Waals surface area contributed by atoms with Gasteiger partial charge in [-0.25, -0.2) is 4.98 Å². The second-order valence-corrected chi connectivity index (χ2v) is 9.23. The zero-order valence-electron chi connectivity index (χ0n) is 19.6. The molecule has 0 radical (unpaired) electrons. The van der Waals surface area contributed by atoms with Gasteiger partial charge < -0.3 is 14.6 Å². The molecule has 3 heterocycles. The fourth-order valence-electron chi connectivity index (χ4n) is 4.85. The van der Waals surface area contributed by atoms with Crippen molar-refractivity contribution in [3.63, 3.8) is 0 Å². The summed E-state index contributed by atoms with van der Waals surface area (Å²) in [4.78, 5) is 22.8. The third-order valence-corrected chi connectivity index (χ3v) is 6.58. The van der Waals surface area contributed by atoms with Crippen LogP contribution in [0.1, 0.15) is 69.4 Å². The summed E-state index contributed by atoms with van der Waals surface area (Å²) < 4.78 is 11.7. The second kappa shape index (κ2) is 10.3. The molecule has 1 N–H and O–H groups in total. The number of nitrogens with one attached hydrogen (secondary N) is 1. The molecule has 5 rings (SSSR count). The van der Waals surface area contributed by atoms with Crippen molar-refractivity contribution in [3.05, 3.63) is 54.0 Å². The lowest BCUT2D eigenvalue weighted by molar-refractivity contribution is -0.114. The van der Waals surface area contributed by atoms with Crippen molar-refractivity contribution in [2.75, 3.05) is 11.9 Å². The van der Waals surface area contributed by atoms with Crippen molar-refractivity contribution < 1.29 is 14.1 Å². The molecule has 1 atom stereocenters. The monoisotopic (exact) mass is 461 g/mol. The molecule has 1 aliphatic heterocycles. The van der Waals surface area contributed by atoms with E-state index >= 15 is 0 Å². The molecule has 3 aromatic rings. The van der Waals surface area contributed by atoms with Crippen LogP contribution in [0.15, 0.2) is 47.1 Å². The fraction of sp³-hybridized carbons (Fsp3) is 0.462. The number of hydrogen-bond donors (Lipinski definition) is 1. The van der Waals surface area contributed by atoms with Gasteiger partial charge >= 0.3 is 0 Å². The predicted molar refractivity (Wildman–Crippen MR) is 128 cm³/mol. The number of likely N-dealkylation sites (tertiary alicyclic amines) is 1. The molecule has 1 aromatic carbocycles. The smallest absolute Gasteiger partial charge is 0.244 e. The van der Waals surface area contributed by atoms with Crippen molar-refractivity contribution >= 4 is 11.6 Å².